The molecule has 16 heavy (non-hydrogen) atoms. The van der Waals surface area contributed by atoms with Crippen LogP contribution in [-0.4, -0.2) is 33.8 Å². The van der Waals surface area contributed by atoms with Gasteiger partial charge in [0.2, 0.25) is 0 Å². The van der Waals surface area contributed by atoms with E-state index in [1.54, 1.807) is 26.0 Å². The van der Waals surface area contributed by atoms with Crippen LogP contribution in [0.3, 0.4) is 0 Å². The zero-order valence-corrected chi connectivity index (χ0v) is 9.21. The molecular weight excluding hydrogens is 210 g/mol. The van der Waals surface area contributed by atoms with Gasteiger partial charge in [-0.3, -0.25) is 0 Å². The predicted molar refractivity (Wildman–Crippen MR) is 59.3 cm³/mol. The van der Waals surface area contributed by atoms with Gasteiger partial charge in [0.1, 0.15) is 18.1 Å². The first kappa shape index (κ1) is 12.3. The molecule has 0 fully saturated rings. The topological polar surface area (TPSA) is 82.3 Å². The SMILES string of the molecule is CC(=NO)c1ccc(OCC(C)O)cc1O. The number of benzene rings is 1. The molecule has 1 atom stereocenters. The Morgan fingerprint density at radius 1 is 1.50 bits per heavy atom. The third kappa shape index (κ3) is 3.13. The first-order chi connectivity index (χ1) is 7.54. The Hall–Kier alpha value is -1.75. The molecule has 1 aromatic carbocycles. The number of hydrogen-bond donors (Lipinski definition) is 3. The fraction of sp³-hybridized carbons (Fsp3) is 0.364. The third-order valence-corrected chi connectivity index (χ3v) is 2.00. The van der Waals surface area contributed by atoms with E-state index in [4.69, 9.17) is 15.1 Å². The van der Waals surface area contributed by atoms with Gasteiger partial charge < -0.3 is 20.2 Å². The minimum absolute atomic E-state index is 0.0293. The lowest BCUT2D eigenvalue weighted by Gasteiger charge is -2.09. The summed E-state index contributed by atoms with van der Waals surface area (Å²) in [5.74, 6) is 0.422. The summed E-state index contributed by atoms with van der Waals surface area (Å²) in [6.45, 7) is 3.34. The van der Waals surface area contributed by atoms with Crippen molar-refractivity contribution in [3.05, 3.63) is 23.8 Å². The molecule has 88 valence electrons. The van der Waals surface area contributed by atoms with Crippen LogP contribution >= 0.6 is 0 Å². The van der Waals surface area contributed by atoms with Crippen LogP contribution in [0.4, 0.5) is 0 Å². The van der Waals surface area contributed by atoms with Crippen molar-refractivity contribution in [2.75, 3.05) is 6.61 Å². The van der Waals surface area contributed by atoms with Crippen molar-refractivity contribution in [2.24, 2.45) is 5.16 Å². The lowest BCUT2D eigenvalue weighted by atomic mass is 10.1. The van der Waals surface area contributed by atoms with E-state index in [1.807, 2.05) is 0 Å². The van der Waals surface area contributed by atoms with Crippen LogP contribution < -0.4 is 4.74 Å². The maximum Gasteiger partial charge on any atom is 0.128 e. The monoisotopic (exact) mass is 225 g/mol. The number of oxime groups is 1. The molecule has 0 aliphatic heterocycles. The number of phenolic OH excluding ortho intramolecular Hbond substituents is 1. The van der Waals surface area contributed by atoms with Crippen LogP contribution in [0.5, 0.6) is 11.5 Å². The molecule has 5 nitrogen and oxygen atoms in total. The maximum atomic E-state index is 9.62. The Bertz CT molecular complexity index is 388. The van der Waals surface area contributed by atoms with E-state index in [2.05, 4.69) is 5.16 Å². The van der Waals surface area contributed by atoms with E-state index >= 15 is 0 Å². The van der Waals surface area contributed by atoms with E-state index in [0.29, 0.717) is 17.0 Å². The Labute approximate surface area is 93.6 Å². The highest BCUT2D eigenvalue weighted by Crippen LogP contribution is 2.24. The van der Waals surface area contributed by atoms with Crippen LogP contribution in [0.15, 0.2) is 23.4 Å². The zero-order chi connectivity index (χ0) is 12.1. The normalized spacial score (nSPS) is 13.6. The van der Waals surface area contributed by atoms with Gasteiger partial charge in [-0.05, 0) is 26.0 Å². The Morgan fingerprint density at radius 2 is 2.19 bits per heavy atom. The lowest BCUT2D eigenvalue weighted by Crippen LogP contribution is -2.12. The molecule has 1 unspecified atom stereocenters. The molecule has 0 saturated heterocycles. The number of aliphatic hydroxyl groups is 1. The van der Waals surface area contributed by atoms with Crippen molar-refractivity contribution < 1.29 is 20.2 Å². The molecule has 0 aliphatic carbocycles. The fourth-order valence-electron chi connectivity index (χ4n) is 1.18. The number of hydrogen-bond acceptors (Lipinski definition) is 5. The molecule has 1 rings (SSSR count). The number of aliphatic hydroxyl groups excluding tert-OH is 1. The summed E-state index contributed by atoms with van der Waals surface area (Å²) in [5.41, 5.74) is 0.756. The zero-order valence-electron chi connectivity index (χ0n) is 9.21. The van der Waals surface area contributed by atoms with Crippen LogP contribution in [0, 0.1) is 0 Å². The molecule has 3 N–H and O–H groups in total. The first-order valence-electron chi connectivity index (χ1n) is 4.87. The van der Waals surface area contributed by atoms with Crippen molar-refractivity contribution in [2.45, 2.75) is 20.0 Å². The van der Waals surface area contributed by atoms with E-state index in [0.717, 1.165) is 0 Å². The Morgan fingerprint density at radius 3 is 2.69 bits per heavy atom. The summed E-state index contributed by atoms with van der Waals surface area (Å²) in [7, 11) is 0. The molecule has 0 amide bonds. The largest absolute Gasteiger partial charge is 0.507 e. The number of phenols is 1. The van der Waals surface area contributed by atoms with Gasteiger partial charge >= 0.3 is 0 Å². The van der Waals surface area contributed by atoms with E-state index < -0.39 is 6.10 Å². The highest BCUT2D eigenvalue weighted by atomic mass is 16.5. The molecule has 0 spiro atoms. The van der Waals surface area contributed by atoms with Crippen molar-refractivity contribution in [3.8, 4) is 11.5 Å². The molecule has 0 aromatic heterocycles. The summed E-state index contributed by atoms with van der Waals surface area (Å²) < 4.78 is 5.20. The van der Waals surface area contributed by atoms with Gasteiger partial charge in [0.25, 0.3) is 0 Å². The second-order valence-electron chi connectivity index (χ2n) is 3.52. The van der Waals surface area contributed by atoms with Gasteiger partial charge in [-0.2, -0.15) is 0 Å². The summed E-state index contributed by atoms with van der Waals surface area (Å²) in [6, 6.07) is 4.63. The smallest absolute Gasteiger partial charge is 0.128 e. The molecular formula is C11H15NO4. The summed E-state index contributed by atoms with van der Waals surface area (Å²) in [4.78, 5) is 0. The highest BCUT2D eigenvalue weighted by Gasteiger charge is 2.07. The molecule has 5 heteroatoms. The number of nitrogens with zero attached hydrogens (tertiary/aromatic N) is 1. The summed E-state index contributed by atoms with van der Waals surface area (Å²) in [5, 5.41) is 30.2. The Kier molecular flexibility index (Phi) is 4.13. The number of rotatable bonds is 4. The molecule has 0 radical (unpaired) electrons. The first-order valence-corrected chi connectivity index (χ1v) is 4.87. The average molecular weight is 225 g/mol. The Balaban J connectivity index is 2.83. The standard InChI is InChI=1S/C11H15NO4/c1-7(13)6-16-9-3-4-10(8(2)12-15)11(14)5-9/h3-5,7,13-15H,6H2,1-2H3. The van der Waals surface area contributed by atoms with E-state index in [1.165, 1.54) is 6.07 Å². The van der Waals surface area contributed by atoms with Gasteiger partial charge in [0.05, 0.1) is 11.8 Å². The van der Waals surface area contributed by atoms with Crippen molar-refractivity contribution >= 4 is 5.71 Å². The lowest BCUT2D eigenvalue weighted by molar-refractivity contribution is 0.122. The van der Waals surface area contributed by atoms with E-state index in [-0.39, 0.29) is 12.4 Å². The molecule has 0 saturated carbocycles. The summed E-state index contributed by atoms with van der Waals surface area (Å²) in [6.07, 6.45) is -0.567. The van der Waals surface area contributed by atoms with Gasteiger partial charge in [0, 0.05) is 11.6 Å². The van der Waals surface area contributed by atoms with Gasteiger partial charge in [0.15, 0.2) is 0 Å². The van der Waals surface area contributed by atoms with Gasteiger partial charge in [-0.25, -0.2) is 0 Å². The maximum absolute atomic E-state index is 9.62. The fourth-order valence-corrected chi connectivity index (χ4v) is 1.18. The number of aromatic hydroxyl groups is 1. The van der Waals surface area contributed by atoms with Gasteiger partial charge in [-0.15, -0.1) is 0 Å². The molecule has 0 aliphatic rings. The highest BCUT2D eigenvalue weighted by molar-refractivity contribution is 6.00. The quantitative estimate of drug-likeness (QED) is 0.410. The second kappa shape index (κ2) is 5.37. The van der Waals surface area contributed by atoms with Gasteiger partial charge in [-0.1, -0.05) is 5.16 Å². The third-order valence-electron chi connectivity index (χ3n) is 2.00. The molecule has 1 aromatic rings. The average Bonchev–Trinajstić information content (AvgIpc) is 2.25. The molecule has 0 heterocycles. The summed E-state index contributed by atoms with van der Waals surface area (Å²) >= 11 is 0. The minimum Gasteiger partial charge on any atom is -0.507 e. The van der Waals surface area contributed by atoms with Crippen molar-refractivity contribution in [1.82, 2.24) is 0 Å². The van der Waals surface area contributed by atoms with Crippen LogP contribution in [0.25, 0.3) is 0 Å². The second-order valence-corrected chi connectivity index (χ2v) is 3.52. The molecule has 0 bridgehead atoms. The van der Waals surface area contributed by atoms with E-state index in [9.17, 15) is 5.11 Å². The van der Waals surface area contributed by atoms with Crippen molar-refractivity contribution in [1.29, 1.82) is 0 Å². The van der Waals surface area contributed by atoms with Crippen LogP contribution in [-0.2, 0) is 0 Å². The van der Waals surface area contributed by atoms with Crippen LogP contribution in [0.2, 0.25) is 0 Å². The minimum atomic E-state index is -0.567. The van der Waals surface area contributed by atoms with Crippen LogP contribution in [0.1, 0.15) is 19.4 Å². The van der Waals surface area contributed by atoms with Crippen molar-refractivity contribution in [3.63, 3.8) is 0 Å². The number of ether oxygens (including phenoxy) is 1. The predicted octanol–water partition coefficient (Wildman–Crippen LogP) is 1.35.